The molecule has 7 nitrogen and oxygen atoms in total. The van der Waals surface area contributed by atoms with Crippen LogP contribution in [0.5, 0.6) is 5.75 Å². The Morgan fingerprint density at radius 2 is 2.09 bits per heavy atom. The first kappa shape index (κ1) is 26.0. The normalized spacial score (nSPS) is 26.9. The number of carbonyl (C=O) groups is 2. The molecule has 9 heteroatoms. The van der Waals surface area contributed by atoms with Gasteiger partial charge in [-0.1, -0.05) is 30.2 Å². The largest absolute Gasteiger partial charge is 0.508 e. The molecule has 2 heterocycles. The van der Waals surface area contributed by atoms with Gasteiger partial charge in [0.2, 0.25) is 11.8 Å². The Kier molecular flexibility index (Phi) is 8.06. The number of ether oxygens (including phenoxy) is 1. The number of phenols is 1. The number of hydrogen-bond donors (Lipinski definition) is 2. The number of hydrogen-bond acceptors (Lipinski definition) is 6. The van der Waals surface area contributed by atoms with Crippen LogP contribution in [-0.2, 0) is 19.0 Å². The number of halogens is 1. The topological polar surface area (TPSA) is 96.3 Å². The van der Waals surface area contributed by atoms with E-state index in [4.69, 9.17) is 21.0 Å². The molecule has 0 aromatic heterocycles. The third kappa shape index (κ3) is 5.21. The molecule has 0 spiro atoms. The lowest BCUT2D eigenvalue weighted by molar-refractivity contribution is -0.140. The SMILES string of the molecule is CCCN1C(=O)[C@@H]2[C@@H](CC(COC)=C3[C@@H](CC/C(C)=C/c4ccc(O)cc4Cl)OB(O)C[C@@H]32)C1=O. The van der Waals surface area contributed by atoms with Crippen LogP contribution >= 0.6 is 11.6 Å². The van der Waals surface area contributed by atoms with Crippen molar-refractivity contribution in [1.82, 2.24) is 4.90 Å². The van der Waals surface area contributed by atoms with Gasteiger partial charge in [0.25, 0.3) is 0 Å². The molecule has 2 N–H and O–H groups in total. The molecular formula is C26H33BClNO6. The molecule has 2 aliphatic heterocycles. The van der Waals surface area contributed by atoms with Crippen molar-refractivity contribution in [3.8, 4) is 5.75 Å². The number of benzene rings is 1. The Bertz CT molecular complexity index is 1060. The Balaban J connectivity index is 1.59. The molecule has 2 fully saturated rings. The second-order valence-electron chi connectivity index (χ2n) is 9.81. The van der Waals surface area contributed by atoms with Crippen molar-refractivity contribution in [2.45, 2.75) is 52.0 Å². The van der Waals surface area contributed by atoms with E-state index in [-0.39, 0.29) is 29.6 Å². The number of nitrogens with zero attached hydrogens (tertiary/aromatic N) is 1. The molecule has 0 bridgehead atoms. The molecule has 2 amide bonds. The van der Waals surface area contributed by atoms with Crippen LogP contribution in [-0.4, -0.2) is 60.3 Å². The molecule has 1 aromatic carbocycles. The minimum Gasteiger partial charge on any atom is -0.508 e. The van der Waals surface area contributed by atoms with Gasteiger partial charge in [-0.05, 0) is 79.8 Å². The number of rotatable bonds is 8. The predicted octanol–water partition coefficient (Wildman–Crippen LogP) is 4.08. The van der Waals surface area contributed by atoms with E-state index >= 15 is 0 Å². The number of methoxy groups -OCH3 is 1. The first-order valence-corrected chi connectivity index (χ1v) is 12.7. The quantitative estimate of drug-likeness (QED) is 0.316. The third-order valence-corrected chi connectivity index (χ3v) is 7.68. The van der Waals surface area contributed by atoms with Gasteiger partial charge in [0.05, 0.1) is 29.6 Å². The van der Waals surface area contributed by atoms with Crippen molar-refractivity contribution in [2.24, 2.45) is 17.8 Å². The van der Waals surface area contributed by atoms with Gasteiger partial charge in [0, 0.05) is 13.7 Å². The smallest absolute Gasteiger partial charge is 0.455 e. The molecule has 0 unspecified atom stereocenters. The number of amides is 2. The van der Waals surface area contributed by atoms with Crippen molar-refractivity contribution in [2.75, 3.05) is 20.3 Å². The van der Waals surface area contributed by atoms with Crippen LogP contribution in [0.15, 0.2) is 34.9 Å². The van der Waals surface area contributed by atoms with E-state index in [0.29, 0.717) is 43.8 Å². The van der Waals surface area contributed by atoms with Crippen molar-refractivity contribution >= 4 is 36.6 Å². The fourth-order valence-corrected chi connectivity index (χ4v) is 6.14. The highest BCUT2D eigenvalue weighted by Crippen LogP contribution is 2.50. The lowest BCUT2D eigenvalue weighted by Crippen LogP contribution is -2.46. The average Bonchev–Trinajstić information content (AvgIpc) is 3.04. The number of imide groups is 1. The predicted molar refractivity (Wildman–Crippen MR) is 135 cm³/mol. The zero-order chi connectivity index (χ0) is 25.3. The van der Waals surface area contributed by atoms with Gasteiger partial charge < -0.3 is 19.5 Å². The van der Waals surface area contributed by atoms with E-state index in [2.05, 4.69) is 0 Å². The van der Waals surface area contributed by atoms with Crippen molar-refractivity contribution < 1.29 is 29.1 Å². The minimum absolute atomic E-state index is 0.100. The van der Waals surface area contributed by atoms with E-state index in [9.17, 15) is 19.7 Å². The maximum Gasteiger partial charge on any atom is 0.455 e. The van der Waals surface area contributed by atoms with Crippen molar-refractivity contribution in [3.63, 3.8) is 0 Å². The zero-order valence-corrected chi connectivity index (χ0v) is 21.3. The van der Waals surface area contributed by atoms with Crippen LogP contribution in [0.4, 0.5) is 0 Å². The lowest BCUT2D eigenvalue weighted by Gasteiger charge is -2.43. The Morgan fingerprint density at radius 1 is 1.31 bits per heavy atom. The lowest BCUT2D eigenvalue weighted by atomic mass is 9.58. The molecule has 188 valence electrons. The Hall–Kier alpha value is -2.13. The first-order chi connectivity index (χ1) is 16.7. The Morgan fingerprint density at radius 3 is 2.77 bits per heavy atom. The summed E-state index contributed by atoms with van der Waals surface area (Å²) in [5.74, 6) is -1.17. The summed E-state index contributed by atoms with van der Waals surface area (Å²) in [6.07, 6.45) is 4.43. The minimum atomic E-state index is -0.991. The summed E-state index contributed by atoms with van der Waals surface area (Å²) in [5, 5.41) is 20.7. The van der Waals surface area contributed by atoms with Gasteiger partial charge in [-0.2, -0.15) is 0 Å². The van der Waals surface area contributed by atoms with Crippen LogP contribution in [0.1, 0.15) is 45.1 Å². The molecule has 1 aromatic rings. The highest BCUT2D eigenvalue weighted by Gasteiger charge is 2.57. The summed E-state index contributed by atoms with van der Waals surface area (Å²) < 4.78 is 11.5. The van der Waals surface area contributed by atoms with Gasteiger partial charge in [0.15, 0.2) is 0 Å². The van der Waals surface area contributed by atoms with Gasteiger partial charge in [-0.25, -0.2) is 0 Å². The molecule has 4 rings (SSSR count). The van der Waals surface area contributed by atoms with Crippen LogP contribution in [0.3, 0.4) is 0 Å². The second kappa shape index (κ2) is 10.9. The summed E-state index contributed by atoms with van der Waals surface area (Å²) in [4.78, 5) is 27.8. The zero-order valence-electron chi connectivity index (χ0n) is 20.5. The number of fused-ring (bicyclic) bond motifs is 3. The second-order valence-corrected chi connectivity index (χ2v) is 10.2. The standard InChI is InChI=1S/C26H33BClNO6/c1-4-9-29-25(31)19-11-17(14-34-3)23-20(24(19)26(29)32)13-27(33)35-22(23)8-5-15(2)10-16-6-7-18(30)12-21(16)28/h6-7,10,12,19-20,22,24,30,33H,4-5,8-9,11,13-14H2,1-3H3/b15-10+/t19-,20+,22-,24-/m1/s1. The molecule has 35 heavy (non-hydrogen) atoms. The molecule has 3 aliphatic rings. The number of likely N-dealkylation sites (tertiary alicyclic amines) is 1. The van der Waals surface area contributed by atoms with Crippen molar-refractivity contribution in [1.29, 1.82) is 0 Å². The highest BCUT2D eigenvalue weighted by atomic mass is 35.5. The monoisotopic (exact) mass is 501 g/mol. The maximum atomic E-state index is 13.3. The van der Waals surface area contributed by atoms with Gasteiger partial charge >= 0.3 is 7.12 Å². The third-order valence-electron chi connectivity index (χ3n) is 7.35. The van der Waals surface area contributed by atoms with Gasteiger partial charge in [0.1, 0.15) is 5.75 Å². The molecule has 2 saturated heterocycles. The van der Waals surface area contributed by atoms with Crippen molar-refractivity contribution in [3.05, 3.63) is 45.5 Å². The van der Waals surface area contributed by atoms with E-state index < -0.39 is 19.0 Å². The number of aromatic hydroxyl groups is 1. The summed E-state index contributed by atoms with van der Waals surface area (Å²) in [6, 6.07) is 4.87. The van der Waals surface area contributed by atoms with E-state index in [1.165, 1.54) is 11.0 Å². The van der Waals surface area contributed by atoms with Crippen LogP contribution < -0.4 is 0 Å². The molecule has 0 saturated carbocycles. The van der Waals surface area contributed by atoms with Crippen LogP contribution in [0, 0.1) is 17.8 Å². The van der Waals surface area contributed by atoms with Gasteiger partial charge in [-0.15, -0.1) is 0 Å². The fraction of sp³-hybridized carbons (Fsp3) is 0.538. The molecule has 0 radical (unpaired) electrons. The summed E-state index contributed by atoms with van der Waals surface area (Å²) in [6.45, 7) is 4.76. The van der Waals surface area contributed by atoms with Crippen LogP contribution in [0.25, 0.3) is 6.08 Å². The number of carbonyl (C=O) groups excluding carboxylic acids is 2. The number of phenolic OH excluding ortho intramolecular Hbond substituents is 1. The first-order valence-electron chi connectivity index (χ1n) is 12.3. The van der Waals surface area contributed by atoms with E-state index in [1.54, 1.807) is 19.2 Å². The van der Waals surface area contributed by atoms with E-state index in [1.807, 2.05) is 19.9 Å². The summed E-state index contributed by atoms with van der Waals surface area (Å²) >= 11 is 6.25. The fourth-order valence-electron chi connectivity index (χ4n) is 5.91. The molecular weight excluding hydrogens is 469 g/mol. The summed E-state index contributed by atoms with van der Waals surface area (Å²) in [5.41, 5.74) is 3.92. The molecule has 1 aliphatic carbocycles. The molecule has 4 atom stereocenters. The van der Waals surface area contributed by atoms with Crippen LogP contribution in [0.2, 0.25) is 11.3 Å². The Labute approximate surface area is 211 Å². The highest BCUT2D eigenvalue weighted by molar-refractivity contribution is 6.43. The number of allylic oxidation sites excluding steroid dienone is 1. The summed E-state index contributed by atoms with van der Waals surface area (Å²) in [7, 11) is 0.636. The maximum absolute atomic E-state index is 13.3. The van der Waals surface area contributed by atoms with Gasteiger partial charge in [-0.3, -0.25) is 14.5 Å². The average molecular weight is 502 g/mol. The van der Waals surface area contributed by atoms with E-state index in [0.717, 1.165) is 28.7 Å².